The van der Waals surface area contributed by atoms with Crippen LogP contribution in [0.15, 0.2) is 18.2 Å². The normalized spacial score (nSPS) is 9.88. The zero-order chi connectivity index (χ0) is 12.0. The lowest BCUT2D eigenvalue weighted by Crippen LogP contribution is -2.24. The summed E-state index contributed by atoms with van der Waals surface area (Å²) < 4.78 is 5.36. The van der Waals surface area contributed by atoms with Gasteiger partial charge in [-0.3, -0.25) is 4.79 Å². The molecule has 0 radical (unpaired) electrons. The highest BCUT2D eigenvalue weighted by atomic mass is 35.5. The third-order valence-electron chi connectivity index (χ3n) is 1.94. The number of benzene rings is 1. The molecular formula is C11H15ClN2O2. The molecule has 1 aromatic carbocycles. The zero-order valence-corrected chi connectivity index (χ0v) is 9.88. The molecule has 0 saturated heterocycles. The lowest BCUT2D eigenvalue weighted by Gasteiger charge is -2.07. The van der Waals surface area contributed by atoms with Gasteiger partial charge < -0.3 is 15.8 Å². The highest BCUT2D eigenvalue weighted by molar-refractivity contribution is 6.33. The van der Waals surface area contributed by atoms with Crippen LogP contribution in [0.1, 0.15) is 13.3 Å². The zero-order valence-electron chi connectivity index (χ0n) is 9.13. The molecule has 0 saturated carbocycles. The molecular weight excluding hydrogens is 228 g/mol. The smallest absolute Gasteiger partial charge is 0.223 e. The van der Waals surface area contributed by atoms with Crippen LogP contribution < -0.4 is 15.8 Å². The Kier molecular flexibility index (Phi) is 4.92. The van der Waals surface area contributed by atoms with Crippen LogP contribution in [0.3, 0.4) is 0 Å². The van der Waals surface area contributed by atoms with Gasteiger partial charge in [0.05, 0.1) is 23.7 Å². The molecule has 4 nitrogen and oxygen atoms in total. The van der Waals surface area contributed by atoms with Crippen LogP contribution in [-0.2, 0) is 4.79 Å². The lowest BCUT2D eigenvalue weighted by atomic mass is 10.3. The van der Waals surface area contributed by atoms with Crippen molar-refractivity contribution in [3.63, 3.8) is 0 Å². The van der Waals surface area contributed by atoms with Gasteiger partial charge in [0.1, 0.15) is 5.75 Å². The first-order valence-corrected chi connectivity index (χ1v) is 5.45. The van der Waals surface area contributed by atoms with Crippen molar-refractivity contribution >= 4 is 23.2 Å². The van der Waals surface area contributed by atoms with Crippen molar-refractivity contribution in [2.45, 2.75) is 13.3 Å². The highest BCUT2D eigenvalue weighted by Gasteiger charge is 2.02. The summed E-state index contributed by atoms with van der Waals surface area (Å²) in [4.78, 5) is 11.1. The van der Waals surface area contributed by atoms with Gasteiger partial charge in [-0.1, -0.05) is 11.6 Å². The standard InChI is InChI=1S/C11H15ClN2O2/c1-2-14-11(15)5-6-16-8-3-4-10(13)9(12)7-8/h3-4,7H,2,5-6,13H2,1H3,(H,14,15). The molecule has 0 aliphatic carbocycles. The van der Waals surface area contributed by atoms with E-state index < -0.39 is 0 Å². The molecule has 0 fully saturated rings. The summed E-state index contributed by atoms with van der Waals surface area (Å²) >= 11 is 5.82. The summed E-state index contributed by atoms with van der Waals surface area (Å²) in [5.41, 5.74) is 6.07. The number of halogens is 1. The van der Waals surface area contributed by atoms with E-state index in [2.05, 4.69) is 5.32 Å². The van der Waals surface area contributed by atoms with Crippen LogP contribution in [0.25, 0.3) is 0 Å². The van der Waals surface area contributed by atoms with E-state index in [1.807, 2.05) is 6.92 Å². The van der Waals surface area contributed by atoms with E-state index in [-0.39, 0.29) is 5.91 Å². The Balaban J connectivity index is 2.37. The monoisotopic (exact) mass is 242 g/mol. The number of carbonyl (C=O) groups excluding carboxylic acids is 1. The minimum absolute atomic E-state index is 0.0240. The topological polar surface area (TPSA) is 64.3 Å². The molecule has 0 bridgehead atoms. The number of ether oxygens (including phenoxy) is 1. The predicted molar refractivity (Wildman–Crippen MR) is 64.7 cm³/mol. The van der Waals surface area contributed by atoms with E-state index in [0.29, 0.717) is 36.0 Å². The Morgan fingerprint density at radius 2 is 2.31 bits per heavy atom. The van der Waals surface area contributed by atoms with Gasteiger partial charge in [0, 0.05) is 12.6 Å². The molecule has 0 aliphatic heterocycles. The predicted octanol–water partition coefficient (Wildman–Crippen LogP) is 1.83. The van der Waals surface area contributed by atoms with Gasteiger partial charge in [-0.25, -0.2) is 0 Å². The van der Waals surface area contributed by atoms with Crippen molar-refractivity contribution in [1.82, 2.24) is 5.32 Å². The summed E-state index contributed by atoms with van der Waals surface area (Å²) in [6.07, 6.45) is 0.329. The molecule has 5 heteroatoms. The van der Waals surface area contributed by atoms with E-state index in [9.17, 15) is 4.79 Å². The van der Waals surface area contributed by atoms with Crippen molar-refractivity contribution in [2.75, 3.05) is 18.9 Å². The second kappa shape index (κ2) is 6.23. The van der Waals surface area contributed by atoms with Crippen molar-refractivity contribution < 1.29 is 9.53 Å². The van der Waals surface area contributed by atoms with Crippen LogP contribution in [-0.4, -0.2) is 19.1 Å². The Hall–Kier alpha value is -1.42. The summed E-state index contributed by atoms with van der Waals surface area (Å²) in [5.74, 6) is 0.590. The average Bonchev–Trinajstić information content (AvgIpc) is 2.24. The van der Waals surface area contributed by atoms with Crippen LogP contribution >= 0.6 is 11.6 Å². The molecule has 0 heterocycles. The first kappa shape index (κ1) is 12.6. The van der Waals surface area contributed by atoms with E-state index in [1.54, 1.807) is 18.2 Å². The second-order valence-corrected chi connectivity index (χ2v) is 3.64. The number of amides is 1. The van der Waals surface area contributed by atoms with Gasteiger partial charge in [-0.05, 0) is 19.1 Å². The minimum Gasteiger partial charge on any atom is -0.493 e. The minimum atomic E-state index is -0.0240. The van der Waals surface area contributed by atoms with Crippen LogP contribution in [0.5, 0.6) is 5.75 Å². The van der Waals surface area contributed by atoms with Crippen molar-refractivity contribution in [3.05, 3.63) is 23.2 Å². The maximum Gasteiger partial charge on any atom is 0.223 e. The summed E-state index contributed by atoms with van der Waals surface area (Å²) in [7, 11) is 0. The second-order valence-electron chi connectivity index (χ2n) is 3.24. The van der Waals surface area contributed by atoms with Crippen molar-refractivity contribution in [2.24, 2.45) is 0 Å². The Labute approximate surface area is 99.7 Å². The SMILES string of the molecule is CCNC(=O)CCOc1ccc(N)c(Cl)c1. The fourth-order valence-corrected chi connectivity index (χ4v) is 1.32. The largest absolute Gasteiger partial charge is 0.493 e. The molecule has 1 rings (SSSR count). The number of carbonyl (C=O) groups is 1. The fraction of sp³-hybridized carbons (Fsp3) is 0.364. The van der Waals surface area contributed by atoms with Gasteiger partial charge in [-0.2, -0.15) is 0 Å². The molecule has 88 valence electrons. The molecule has 1 aromatic rings. The third-order valence-corrected chi connectivity index (χ3v) is 2.27. The quantitative estimate of drug-likeness (QED) is 0.775. The molecule has 0 atom stereocenters. The molecule has 0 aromatic heterocycles. The fourth-order valence-electron chi connectivity index (χ4n) is 1.14. The van der Waals surface area contributed by atoms with Gasteiger partial charge in [-0.15, -0.1) is 0 Å². The first-order chi connectivity index (χ1) is 7.63. The number of rotatable bonds is 5. The van der Waals surface area contributed by atoms with Gasteiger partial charge >= 0.3 is 0 Å². The van der Waals surface area contributed by atoms with Gasteiger partial charge in [0.25, 0.3) is 0 Å². The maximum atomic E-state index is 11.1. The molecule has 0 spiro atoms. The number of hydrogen-bond donors (Lipinski definition) is 2. The molecule has 16 heavy (non-hydrogen) atoms. The van der Waals surface area contributed by atoms with Crippen LogP contribution in [0.2, 0.25) is 5.02 Å². The van der Waals surface area contributed by atoms with Crippen molar-refractivity contribution in [3.8, 4) is 5.75 Å². The summed E-state index contributed by atoms with van der Waals surface area (Å²) in [6.45, 7) is 2.83. The van der Waals surface area contributed by atoms with E-state index in [4.69, 9.17) is 22.1 Å². The van der Waals surface area contributed by atoms with Crippen LogP contribution in [0.4, 0.5) is 5.69 Å². The number of hydrogen-bond acceptors (Lipinski definition) is 3. The molecule has 0 aliphatic rings. The highest BCUT2D eigenvalue weighted by Crippen LogP contribution is 2.24. The van der Waals surface area contributed by atoms with E-state index >= 15 is 0 Å². The summed E-state index contributed by atoms with van der Waals surface area (Å²) in [6, 6.07) is 5.03. The van der Waals surface area contributed by atoms with Crippen LogP contribution in [0, 0.1) is 0 Å². The van der Waals surface area contributed by atoms with E-state index in [1.165, 1.54) is 0 Å². The Bertz CT molecular complexity index is 369. The molecule has 3 N–H and O–H groups in total. The number of nitrogens with two attached hydrogens (primary N) is 1. The van der Waals surface area contributed by atoms with Gasteiger partial charge in [0.15, 0.2) is 0 Å². The van der Waals surface area contributed by atoms with E-state index in [0.717, 1.165) is 0 Å². The van der Waals surface area contributed by atoms with Gasteiger partial charge in [0.2, 0.25) is 5.91 Å². The molecule has 1 amide bonds. The number of nitrogens with one attached hydrogen (secondary N) is 1. The number of anilines is 1. The molecule has 0 unspecified atom stereocenters. The third kappa shape index (κ3) is 3.98. The first-order valence-electron chi connectivity index (χ1n) is 5.08. The summed E-state index contributed by atoms with van der Waals surface area (Å²) in [5, 5.41) is 3.14. The van der Waals surface area contributed by atoms with Crippen molar-refractivity contribution in [1.29, 1.82) is 0 Å². The average molecular weight is 243 g/mol. The Morgan fingerprint density at radius 3 is 2.94 bits per heavy atom. The Morgan fingerprint density at radius 1 is 1.56 bits per heavy atom. The lowest BCUT2D eigenvalue weighted by molar-refractivity contribution is -0.121. The maximum absolute atomic E-state index is 11.1. The number of nitrogen functional groups attached to an aromatic ring is 1.